The highest BCUT2D eigenvalue weighted by atomic mass is 16.3. The van der Waals surface area contributed by atoms with Crippen LogP contribution >= 0.6 is 0 Å². The van der Waals surface area contributed by atoms with Crippen LogP contribution in [-0.2, 0) is 4.79 Å². The molecule has 3 heteroatoms. The van der Waals surface area contributed by atoms with Crippen molar-refractivity contribution in [3.8, 4) is 0 Å². The van der Waals surface area contributed by atoms with E-state index < -0.39 is 0 Å². The lowest BCUT2D eigenvalue weighted by Crippen LogP contribution is -2.29. The van der Waals surface area contributed by atoms with E-state index in [1.165, 1.54) is 0 Å². The highest BCUT2D eigenvalue weighted by Gasteiger charge is 2.22. The van der Waals surface area contributed by atoms with Crippen LogP contribution in [0.3, 0.4) is 0 Å². The maximum atomic E-state index is 10.9. The first-order valence-electron chi connectivity index (χ1n) is 4.57. The highest BCUT2D eigenvalue weighted by molar-refractivity contribution is 5.76. The second-order valence-electron chi connectivity index (χ2n) is 3.10. The lowest BCUT2D eigenvalue weighted by atomic mass is 9.85. The van der Waals surface area contributed by atoms with Gasteiger partial charge >= 0.3 is 0 Å². The van der Waals surface area contributed by atoms with Crippen LogP contribution in [-0.4, -0.2) is 17.6 Å². The molecule has 0 bridgehead atoms. The molecule has 3 nitrogen and oxygen atoms in total. The third-order valence-corrected chi connectivity index (χ3v) is 2.40. The zero-order valence-electron chi connectivity index (χ0n) is 7.92. The molecular weight excluding hydrogens is 154 g/mol. The van der Waals surface area contributed by atoms with Gasteiger partial charge in [-0.05, 0) is 18.8 Å². The summed E-state index contributed by atoms with van der Waals surface area (Å²) in [5.41, 5.74) is 5.23. The normalized spacial score (nSPS) is 15.6. The minimum Gasteiger partial charge on any atom is -0.396 e. The fourth-order valence-corrected chi connectivity index (χ4v) is 1.62. The van der Waals surface area contributed by atoms with E-state index in [0.29, 0.717) is 6.42 Å². The predicted molar refractivity (Wildman–Crippen MR) is 48.5 cm³/mol. The Morgan fingerprint density at radius 2 is 2.00 bits per heavy atom. The van der Waals surface area contributed by atoms with E-state index in [2.05, 4.69) is 0 Å². The second-order valence-corrected chi connectivity index (χ2v) is 3.10. The van der Waals surface area contributed by atoms with Gasteiger partial charge in [0.05, 0.1) is 0 Å². The van der Waals surface area contributed by atoms with Crippen molar-refractivity contribution in [1.82, 2.24) is 0 Å². The number of hydrogen-bond donors (Lipinski definition) is 2. The Morgan fingerprint density at radius 3 is 2.25 bits per heavy atom. The minimum absolute atomic E-state index is 0.0675. The number of primary amides is 1. The number of carbonyl (C=O) groups is 1. The molecule has 0 aromatic carbocycles. The predicted octanol–water partition coefficient (Wildman–Crippen LogP) is 0.907. The van der Waals surface area contributed by atoms with Crippen LogP contribution in [0.1, 0.15) is 33.1 Å². The molecule has 0 heterocycles. The van der Waals surface area contributed by atoms with Gasteiger partial charge in [-0.1, -0.05) is 20.3 Å². The summed E-state index contributed by atoms with van der Waals surface area (Å²) in [6, 6.07) is 0. The van der Waals surface area contributed by atoms with E-state index in [1.54, 1.807) is 0 Å². The molecule has 0 spiro atoms. The molecule has 12 heavy (non-hydrogen) atoms. The zero-order valence-corrected chi connectivity index (χ0v) is 7.92. The molecule has 2 atom stereocenters. The molecule has 0 aromatic rings. The molecule has 0 radical (unpaired) electrons. The van der Waals surface area contributed by atoms with Crippen LogP contribution in [0.15, 0.2) is 0 Å². The van der Waals surface area contributed by atoms with Crippen molar-refractivity contribution in [2.24, 2.45) is 17.6 Å². The highest BCUT2D eigenvalue weighted by Crippen LogP contribution is 2.21. The number of aliphatic hydroxyl groups is 1. The van der Waals surface area contributed by atoms with Gasteiger partial charge in [-0.15, -0.1) is 0 Å². The lowest BCUT2D eigenvalue weighted by molar-refractivity contribution is -0.123. The number of hydrogen-bond acceptors (Lipinski definition) is 2. The van der Waals surface area contributed by atoms with Gasteiger partial charge in [-0.2, -0.15) is 0 Å². The van der Waals surface area contributed by atoms with Crippen LogP contribution in [0.5, 0.6) is 0 Å². The van der Waals surface area contributed by atoms with Crippen LogP contribution in [0.4, 0.5) is 0 Å². The Kier molecular flexibility index (Phi) is 5.72. The molecule has 0 fully saturated rings. The van der Waals surface area contributed by atoms with Gasteiger partial charge < -0.3 is 10.8 Å². The molecule has 0 aromatic heterocycles. The fraction of sp³-hybridized carbons (Fsp3) is 0.889. The van der Waals surface area contributed by atoms with Crippen LogP contribution in [0.2, 0.25) is 0 Å². The maximum Gasteiger partial charge on any atom is 0.220 e. The summed E-state index contributed by atoms with van der Waals surface area (Å²) in [5, 5.41) is 8.74. The molecule has 72 valence electrons. The fourth-order valence-electron chi connectivity index (χ4n) is 1.62. The van der Waals surface area contributed by atoms with Gasteiger partial charge in [-0.3, -0.25) is 4.79 Å². The third kappa shape index (κ3) is 3.22. The zero-order chi connectivity index (χ0) is 9.56. The summed E-state index contributed by atoms with van der Waals surface area (Å²) in [5.74, 6) is -0.0579. The van der Waals surface area contributed by atoms with Gasteiger partial charge in [0.2, 0.25) is 5.91 Å². The first kappa shape index (κ1) is 11.4. The largest absolute Gasteiger partial charge is 0.396 e. The van der Waals surface area contributed by atoms with Crippen molar-refractivity contribution < 1.29 is 9.90 Å². The van der Waals surface area contributed by atoms with Crippen LogP contribution in [0, 0.1) is 11.8 Å². The summed E-state index contributed by atoms with van der Waals surface area (Å²) < 4.78 is 0. The first-order valence-corrected chi connectivity index (χ1v) is 4.57. The molecule has 0 saturated carbocycles. The summed E-state index contributed by atoms with van der Waals surface area (Å²) in [4.78, 5) is 10.9. The van der Waals surface area contributed by atoms with E-state index in [9.17, 15) is 4.79 Å². The topological polar surface area (TPSA) is 63.3 Å². The molecule has 0 aliphatic rings. The molecule has 3 N–H and O–H groups in total. The Labute approximate surface area is 74.0 Å². The number of carbonyl (C=O) groups excluding carboxylic acids is 1. The third-order valence-electron chi connectivity index (χ3n) is 2.40. The van der Waals surface area contributed by atoms with Gasteiger partial charge in [0.1, 0.15) is 0 Å². The van der Waals surface area contributed by atoms with Gasteiger partial charge in [0.25, 0.3) is 0 Å². The quantitative estimate of drug-likeness (QED) is 0.627. The summed E-state index contributed by atoms with van der Waals surface area (Å²) in [7, 11) is 0. The van der Waals surface area contributed by atoms with Gasteiger partial charge in [0, 0.05) is 12.5 Å². The van der Waals surface area contributed by atoms with Gasteiger partial charge in [0.15, 0.2) is 0 Å². The van der Waals surface area contributed by atoms with E-state index in [0.717, 1.165) is 12.8 Å². The molecule has 1 amide bonds. The average molecular weight is 173 g/mol. The molecule has 0 aliphatic heterocycles. The summed E-state index contributed by atoms with van der Waals surface area (Å²) in [6.07, 6.45) is 2.35. The van der Waals surface area contributed by atoms with Crippen molar-refractivity contribution in [1.29, 1.82) is 0 Å². The SMILES string of the molecule is CCC(CCO)C(CC)C(N)=O. The van der Waals surface area contributed by atoms with Gasteiger partial charge in [-0.25, -0.2) is 0 Å². The van der Waals surface area contributed by atoms with Crippen molar-refractivity contribution >= 4 is 5.91 Å². The summed E-state index contributed by atoms with van der Waals surface area (Å²) in [6.45, 7) is 4.11. The molecule has 0 saturated heterocycles. The second kappa shape index (κ2) is 6.00. The molecule has 0 aliphatic carbocycles. The average Bonchev–Trinajstić information content (AvgIpc) is 2.03. The maximum absolute atomic E-state index is 10.9. The van der Waals surface area contributed by atoms with Crippen LogP contribution < -0.4 is 5.73 Å². The molecule has 2 unspecified atom stereocenters. The Bertz CT molecular complexity index is 136. The Morgan fingerprint density at radius 1 is 1.42 bits per heavy atom. The number of nitrogens with two attached hydrogens (primary N) is 1. The van der Waals surface area contributed by atoms with Crippen molar-refractivity contribution in [3.63, 3.8) is 0 Å². The molecule has 0 rings (SSSR count). The standard InChI is InChI=1S/C9H19NO2/c1-3-7(5-6-11)8(4-2)9(10)12/h7-8,11H,3-6H2,1-2H3,(H2,10,12). The lowest BCUT2D eigenvalue weighted by Gasteiger charge is -2.21. The van der Waals surface area contributed by atoms with Crippen molar-refractivity contribution in [2.45, 2.75) is 33.1 Å². The first-order chi connectivity index (χ1) is 5.67. The monoisotopic (exact) mass is 173 g/mol. The van der Waals surface area contributed by atoms with E-state index in [1.807, 2.05) is 13.8 Å². The van der Waals surface area contributed by atoms with E-state index in [-0.39, 0.29) is 24.3 Å². The summed E-state index contributed by atoms with van der Waals surface area (Å²) >= 11 is 0. The van der Waals surface area contributed by atoms with Crippen LogP contribution in [0.25, 0.3) is 0 Å². The number of amides is 1. The van der Waals surface area contributed by atoms with E-state index >= 15 is 0 Å². The minimum atomic E-state index is -0.238. The van der Waals surface area contributed by atoms with Crippen molar-refractivity contribution in [3.05, 3.63) is 0 Å². The number of aliphatic hydroxyl groups excluding tert-OH is 1. The molecular formula is C9H19NO2. The Balaban J connectivity index is 4.12. The smallest absolute Gasteiger partial charge is 0.220 e. The van der Waals surface area contributed by atoms with E-state index in [4.69, 9.17) is 10.8 Å². The number of rotatable bonds is 6. The Hall–Kier alpha value is -0.570. The van der Waals surface area contributed by atoms with Crippen molar-refractivity contribution in [2.75, 3.05) is 6.61 Å².